The molecule has 0 heterocycles. The van der Waals surface area contributed by atoms with E-state index in [0.29, 0.717) is 0 Å². The largest absolute Gasteiger partial charge is 0.464 e. The van der Waals surface area contributed by atoms with Crippen LogP contribution in [0.15, 0.2) is 0 Å². The summed E-state index contributed by atoms with van der Waals surface area (Å²) in [5, 5.41) is 35.3. The zero-order chi connectivity index (χ0) is 10.4. The Morgan fingerprint density at radius 2 is 1.92 bits per heavy atom. The van der Waals surface area contributed by atoms with E-state index < -0.39 is 30.9 Å². The van der Waals surface area contributed by atoms with Crippen molar-refractivity contribution in [2.75, 3.05) is 13.2 Å². The Labute approximate surface area is 75.4 Å². The van der Waals surface area contributed by atoms with E-state index in [-0.39, 0.29) is 6.61 Å². The summed E-state index contributed by atoms with van der Waals surface area (Å²) in [5.74, 6) is -1.03. The van der Waals surface area contributed by atoms with E-state index in [1.807, 2.05) is 0 Å². The number of aliphatic hydroxyl groups is 4. The maximum absolute atomic E-state index is 10.8. The molecular weight excluding hydrogens is 180 g/mol. The van der Waals surface area contributed by atoms with Gasteiger partial charge in [-0.05, 0) is 6.92 Å². The standard InChI is InChI=1S/C7H14O6/c1-2-13-7(12)6(11)5(10)4(9)3-8/h4-6,8-11H,2-3H2,1H3. The van der Waals surface area contributed by atoms with Crippen molar-refractivity contribution < 1.29 is 30.0 Å². The molecule has 0 aliphatic heterocycles. The summed E-state index contributed by atoms with van der Waals surface area (Å²) < 4.78 is 4.38. The lowest BCUT2D eigenvalue weighted by Crippen LogP contribution is -2.44. The second kappa shape index (κ2) is 5.87. The second-order valence-corrected chi connectivity index (χ2v) is 2.44. The maximum Gasteiger partial charge on any atom is 0.337 e. The van der Waals surface area contributed by atoms with E-state index >= 15 is 0 Å². The van der Waals surface area contributed by atoms with Crippen LogP contribution < -0.4 is 0 Å². The van der Waals surface area contributed by atoms with E-state index in [1.54, 1.807) is 6.92 Å². The molecule has 0 saturated carbocycles. The summed E-state index contributed by atoms with van der Waals surface area (Å²) >= 11 is 0. The highest BCUT2D eigenvalue weighted by molar-refractivity contribution is 5.75. The Morgan fingerprint density at radius 1 is 1.38 bits per heavy atom. The fourth-order valence-electron chi connectivity index (χ4n) is 0.685. The van der Waals surface area contributed by atoms with Gasteiger partial charge in [0.05, 0.1) is 13.2 Å². The molecule has 0 saturated heterocycles. The number of carbonyl (C=O) groups excluding carboxylic acids is 1. The summed E-state index contributed by atoms with van der Waals surface area (Å²) in [5.41, 5.74) is 0. The summed E-state index contributed by atoms with van der Waals surface area (Å²) in [7, 11) is 0. The van der Waals surface area contributed by atoms with Crippen LogP contribution in [-0.2, 0) is 9.53 Å². The van der Waals surface area contributed by atoms with Crippen molar-refractivity contribution >= 4 is 5.97 Å². The minimum absolute atomic E-state index is 0.0673. The Morgan fingerprint density at radius 3 is 2.31 bits per heavy atom. The van der Waals surface area contributed by atoms with Crippen LogP contribution in [0, 0.1) is 0 Å². The van der Waals surface area contributed by atoms with Crippen molar-refractivity contribution in [3.05, 3.63) is 0 Å². The minimum atomic E-state index is -1.83. The molecule has 4 N–H and O–H groups in total. The third-order valence-electron chi connectivity index (χ3n) is 1.43. The lowest BCUT2D eigenvalue weighted by atomic mass is 10.1. The van der Waals surface area contributed by atoms with Crippen LogP contribution >= 0.6 is 0 Å². The number of hydrogen-bond donors (Lipinski definition) is 4. The van der Waals surface area contributed by atoms with Crippen molar-refractivity contribution in [1.82, 2.24) is 0 Å². The molecule has 3 atom stereocenters. The Kier molecular flexibility index (Phi) is 5.56. The molecule has 0 radical (unpaired) electrons. The highest BCUT2D eigenvalue weighted by Crippen LogP contribution is 2.01. The monoisotopic (exact) mass is 194 g/mol. The predicted octanol–water partition coefficient (Wildman–Crippen LogP) is -2.38. The number of hydrogen-bond acceptors (Lipinski definition) is 6. The summed E-state index contributed by atoms with van der Waals surface area (Å²) in [4.78, 5) is 10.8. The van der Waals surface area contributed by atoms with E-state index in [9.17, 15) is 4.79 Å². The number of esters is 1. The minimum Gasteiger partial charge on any atom is -0.464 e. The van der Waals surface area contributed by atoms with Crippen LogP contribution in [0.5, 0.6) is 0 Å². The lowest BCUT2D eigenvalue weighted by molar-refractivity contribution is -0.165. The maximum atomic E-state index is 10.8. The summed E-state index contributed by atoms with van der Waals surface area (Å²) in [6.45, 7) is 0.870. The third kappa shape index (κ3) is 3.69. The highest BCUT2D eigenvalue weighted by Gasteiger charge is 2.30. The van der Waals surface area contributed by atoms with Crippen LogP contribution in [0.2, 0.25) is 0 Å². The first-order valence-electron chi connectivity index (χ1n) is 3.86. The van der Waals surface area contributed by atoms with Crippen molar-refractivity contribution in [2.45, 2.75) is 25.2 Å². The predicted molar refractivity (Wildman–Crippen MR) is 41.7 cm³/mol. The van der Waals surface area contributed by atoms with Crippen LogP contribution in [0.25, 0.3) is 0 Å². The Balaban J connectivity index is 4.07. The average Bonchev–Trinajstić information content (AvgIpc) is 2.14. The van der Waals surface area contributed by atoms with Gasteiger partial charge < -0.3 is 25.2 Å². The molecule has 78 valence electrons. The zero-order valence-electron chi connectivity index (χ0n) is 7.25. The van der Waals surface area contributed by atoms with Gasteiger partial charge in [0.15, 0.2) is 6.10 Å². The van der Waals surface area contributed by atoms with Crippen LogP contribution in [0.1, 0.15) is 6.92 Å². The zero-order valence-corrected chi connectivity index (χ0v) is 7.25. The molecule has 0 bridgehead atoms. The molecule has 0 aromatic heterocycles. The van der Waals surface area contributed by atoms with E-state index in [0.717, 1.165) is 0 Å². The van der Waals surface area contributed by atoms with Crippen LogP contribution in [0.3, 0.4) is 0 Å². The summed E-state index contributed by atoms with van der Waals surface area (Å²) in [6.07, 6.45) is -5.12. The van der Waals surface area contributed by atoms with Gasteiger partial charge >= 0.3 is 5.97 Å². The van der Waals surface area contributed by atoms with Gasteiger partial charge in [-0.1, -0.05) is 0 Å². The molecule has 0 fully saturated rings. The topological polar surface area (TPSA) is 107 Å². The highest BCUT2D eigenvalue weighted by atomic mass is 16.5. The van der Waals surface area contributed by atoms with Gasteiger partial charge in [0.25, 0.3) is 0 Å². The number of ether oxygens (including phenoxy) is 1. The quantitative estimate of drug-likeness (QED) is 0.364. The second-order valence-electron chi connectivity index (χ2n) is 2.44. The van der Waals surface area contributed by atoms with Gasteiger partial charge in [0.2, 0.25) is 0 Å². The molecule has 6 nitrogen and oxygen atoms in total. The van der Waals surface area contributed by atoms with Gasteiger partial charge in [0, 0.05) is 0 Å². The molecule has 0 amide bonds. The first-order chi connectivity index (χ1) is 6.04. The first-order valence-corrected chi connectivity index (χ1v) is 3.86. The van der Waals surface area contributed by atoms with E-state index in [4.69, 9.17) is 20.4 Å². The molecule has 6 heteroatoms. The van der Waals surface area contributed by atoms with Crippen LogP contribution in [-0.4, -0.2) is 57.9 Å². The molecule has 0 aromatic carbocycles. The van der Waals surface area contributed by atoms with Gasteiger partial charge in [-0.3, -0.25) is 0 Å². The molecule has 0 aromatic rings. The fraction of sp³-hybridized carbons (Fsp3) is 0.857. The Bertz CT molecular complexity index is 159. The van der Waals surface area contributed by atoms with Gasteiger partial charge in [0.1, 0.15) is 12.2 Å². The number of rotatable bonds is 5. The lowest BCUT2D eigenvalue weighted by Gasteiger charge is -2.19. The third-order valence-corrected chi connectivity index (χ3v) is 1.43. The van der Waals surface area contributed by atoms with Crippen molar-refractivity contribution in [3.63, 3.8) is 0 Å². The van der Waals surface area contributed by atoms with Gasteiger partial charge in [-0.2, -0.15) is 0 Å². The average molecular weight is 194 g/mol. The van der Waals surface area contributed by atoms with Crippen molar-refractivity contribution in [2.24, 2.45) is 0 Å². The first kappa shape index (κ1) is 12.3. The van der Waals surface area contributed by atoms with E-state index in [1.165, 1.54) is 0 Å². The van der Waals surface area contributed by atoms with Crippen molar-refractivity contribution in [1.29, 1.82) is 0 Å². The van der Waals surface area contributed by atoms with E-state index in [2.05, 4.69) is 4.74 Å². The van der Waals surface area contributed by atoms with Crippen LogP contribution in [0.4, 0.5) is 0 Å². The normalized spacial score (nSPS) is 17.6. The van der Waals surface area contributed by atoms with Crippen molar-refractivity contribution in [3.8, 4) is 0 Å². The molecular formula is C7H14O6. The molecule has 13 heavy (non-hydrogen) atoms. The number of carbonyl (C=O) groups is 1. The van der Waals surface area contributed by atoms with Gasteiger partial charge in [-0.15, -0.1) is 0 Å². The molecule has 0 rings (SSSR count). The SMILES string of the molecule is CCOC(=O)C(O)C(O)C(O)CO. The smallest absolute Gasteiger partial charge is 0.337 e. The summed E-state index contributed by atoms with van der Waals surface area (Å²) in [6, 6.07) is 0. The molecule has 0 aliphatic carbocycles. The molecule has 0 spiro atoms. The molecule has 0 aliphatic rings. The Hall–Kier alpha value is -0.690. The number of aliphatic hydroxyl groups excluding tert-OH is 4. The fourth-order valence-corrected chi connectivity index (χ4v) is 0.685. The van der Waals surface area contributed by atoms with Gasteiger partial charge in [-0.25, -0.2) is 4.79 Å². The molecule has 3 unspecified atom stereocenters.